The number of phenolic OH excluding ortho intramolecular Hbond substituents is 2. The molecule has 2 aromatic carbocycles. The van der Waals surface area contributed by atoms with Gasteiger partial charge in [-0.3, -0.25) is 9.59 Å². The van der Waals surface area contributed by atoms with Crippen molar-refractivity contribution in [1.29, 1.82) is 0 Å². The minimum Gasteiger partial charge on any atom is -0.504 e. The number of rotatable bonds is 19. The number of carbonyl (C=O) groups excluding carboxylic acids is 2. The van der Waals surface area contributed by atoms with Crippen LogP contribution < -0.4 is 30.7 Å². The summed E-state index contributed by atoms with van der Waals surface area (Å²) in [7, 11) is 2.96. The molecule has 40 heavy (non-hydrogen) atoms. The predicted molar refractivity (Wildman–Crippen MR) is 158 cm³/mol. The largest absolute Gasteiger partial charge is 0.504 e. The Labute approximate surface area is 236 Å². The van der Waals surface area contributed by atoms with Crippen molar-refractivity contribution in [2.45, 2.75) is 25.7 Å². The molecule has 0 unspecified atom stereocenters. The van der Waals surface area contributed by atoms with Crippen molar-refractivity contribution in [2.75, 3.05) is 53.5 Å². The lowest BCUT2D eigenvalue weighted by atomic mass is 10.2. The summed E-state index contributed by atoms with van der Waals surface area (Å²) in [5.41, 5.74) is 1.54. The van der Waals surface area contributed by atoms with Crippen LogP contribution in [0.4, 0.5) is 0 Å². The van der Waals surface area contributed by atoms with Crippen LogP contribution in [-0.2, 0) is 9.59 Å². The maximum absolute atomic E-state index is 11.9. The average Bonchev–Trinajstić information content (AvgIpc) is 2.96. The van der Waals surface area contributed by atoms with E-state index >= 15 is 0 Å². The molecule has 0 heterocycles. The van der Waals surface area contributed by atoms with E-state index in [9.17, 15) is 19.8 Å². The highest BCUT2D eigenvalue weighted by atomic mass is 16.5. The number of amides is 2. The molecule has 0 aliphatic rings. The minimum absolute atomic E-state index is 0.0610. The zero-order valence-electron chi connectivity index (χ0n) is 23.4. The first-order valence-corrected chi connectivity index (χ1v) is 13.5. The van der Waals surface area contributed by atoms with E-state index in [1.807, 2.05) is 0 Å². The van der Waals surface area contributed by atoms with Gasteiger partial charge in [-0.15, -0.1) is 0 Å². The molecule has 2 aromatic rings. The molecule has 0 aliphatic heterocycles. The highest BCUT2D eigenvalue weighted by molar-refractivity contribution is 5.92. The number of hydrogen-bond donors (Lipinski definition) is 6. The molecule has 0 saturated heterocycles. The van der Waals surface area contributed by atoms with Gasteiger partial charge in [-0.05, 0) is 99.4 Å². The van der Waals surface area contributed by atoms with Crippen LogP contribution in [0, 0.1) is 0 Å². The second kappa shape index (κ2) is 19.1. The molecule has 10 heteroatoms. The molecule has 0 saturated carbocycles. The van der Waals surface area contributed by atoms with E-state index in [0.717, 1.165) is 63.0 Å². The molecule has 0 fully saturated rings. The Hall–Kier alpha value is -4.02. The maximum atomic E-state index is 11.9. The standard InChI is InChI=1S/C30H42N4O6/c1-39-27-21-23(7-11-25(27)35)9-13-29(37)33-19-5-17-31-15-3-4-16-32-18-6-20-34-30(38)14-10-24-8-12-26(36)28(22-24)40-2/h7-14,21-22,31-32,35-36H,3-6,15-20H2,1-2H3,(H,33,37)(H,34,38)/b13-9+,14-10+. The average molecular weight is 555 g/mol. The molecule has 0 atom stereocenters. The number of unbranched alkanes of at least 4 members (excludes halogenated alkanes) is 1. The van der Waals surface area contributed by atoms with Crippen molar-refractivity contribution in [2.24, 2.45) is 0 Å². The number of nitrogens with one attached hydrogen (secondary N) is 4. The van der Waals surface area contributed by atoms with Crippen LogP contribution in [0.5, 0.6) is 23.0 Å². The molecule has 0 aliphatic carbocycles. The van der Waals surface area contributed by atoms with Gasteiger partial charge in [0.2, 0.25) is 11.8 Å². The number of methoxy groups -OCH3 is 2. The summed E-state index contributed by atoms with van der Waals surface area (Å²) >= 11 is 0. The smallest absolute Gasteiger partial charge is 0.243 e. The molecular weight excluding hydrogens is 512 g/mol. The summed E-state index contributed by atoms with van der Waals surface area (Å²) in [4.78, 5) is 23.9. The van der Waals surface area contributed by atoms with Crippen molar-refractivity contribution in [3.63, 3.8) is 0 Å². The molecule has 10 nitrogen and oxygen atoms in total. The van der Waals surface area contributed by atoms with Crippen LogP contribution in [0.2, 0.25) is 0 Å². The second-order valence-electron chi connectivity index (χ2n) is 9.03. The van der Waals surface area contributed by atoms with Crippen LogP contribution >= 0.6 is 0 Å². The van der Waals surface area contributed by atoms with Gasteiger partial charge in [0.1, 0.15) is 0 Å². The lowest BCUT2D eigenvalue weighted by Gasteiger charge is -2.07. The molecular formula is C30H42N4O6. The zero-order chi connectivity index (χ0) is 29.0. The minimum atomic E-state index is -0.163. The fourth-order valence-corrected chi connectivity index (χ4v) is 3.66. The van der Waals surface area contributed by atoms with Crippen LogP contribution in [0.3, 0.4) is 0 Å². The third-order valence-corrected chi connectivity index (χ3v) is 5.88. The van der Waals surface area contributed by atoms with E-state index in [4.69, 9.17) is 9.47 Å². The van der Waals surface area contributed by atoms with Gasteiger partial charge in [0.15, 0.2) is 23.0 Å². The quantitative estimate of drug-likeness (QED) is 0.115. The summed E-state index contributed by atoms with van der Waals surface area (Å²) in [5.74, 6) is 0.528. The third kappa shape index (κ3) is 13.2. The van der Waals surface area contributed by atoms with E-state index < -0.39 is 0 Å². The lowest BCUT2D eigenvalue weighted by molar-refractivity contribution is -0.117. The van der Waals surface area contributed by atoms with Crippen LogP contribution in [0.15, 0.2) is 48.6 Å². The Balaban J connectivity index is 1.39. The Morgan fingerprint density at radius 1 is 0.650 bits per heavy atom. The molecule has 0 bridgehead atoms. The van der Waals surface area contributed by atoms with E-state index in [-0.39, 0.29) is 23.3 Å². The third-order valence-electron chi connectivity index (χ3n) is 5.88. The highest BCUT2D eigenvalue weighted by Gasteiger charge is 2.03. The number of ether oxygens (including phenoxy) is 2. The van der Waals surface area contributed by atoms with Crippen molar-refractivity contribution >= 4 is 24.0 Å². The first kappa shape index (κ1) is 32.2. The lowest BCUT2D eigenvalue weighted by Crippen LogP contribution is -2.27. The zero-order valence-corrected chi connectivity index (χ0v) is 23.4. The predicted octanol–water partition coefficient (Wildman–Crippen LogP) is 2.81. The maximum Gasteiger partial charge on any atom is 0.243 e. The normalized spacial score (nSPS) is 11.2. The van der Waals surface area contributed by atoms with Gasteiger partial charge in [-0.1, -0.05) is 12.1 Å². The molecule has 0 aromatic heterocycles. The molecule has 2 rings (SSSR count). The first-order valence-electron chi connectivity index (χ1n) is 13.5. The Bertz CT molecular complexity index is 1030. The number of hydrogen-bond acceptors (Lipinski definition) is 8. The van der Waals surface area contributed by atoms with Crippen molar-refractivity contribution in [3.8, 4) is 23.0 Å². The fourth-order valence-electron chi connectivity index (χ4n) is 3.66. The monoisotopic (exact) mass is 554 g/mol. The number of aromatic hydroxyl groups is 2. The summed E-state index contributed by atoms with van der Waals surface area (Å²) < 4.78 is 10.1. The SMILES string of the molecule is COc1cc(/C=C/C(=O)NCCCNCCCCNCCCNC(=O)/C=C/c2ccc(O)c(OC)c2)ccc1O. The van der Waals surface area contributed by atoms with Crippen LogP contribution in [0.25, 0.3) is 12.2 Å². The molecule has 2 amide bonds. The van der Waals surface area contributed by atoms with Gasteiger partial charge in [0.25, 0.3) is 0 Å². The van der Waals surface area contributed by atoms with Crippen LogP contribution in [0.1, 0.15) is 36.8 Å². The Morgan fingerprint density at radius 2 is 1.05 bits per heavy atom. The van der Waals surface area contributed by atoms with Gasteiger partial charge >= 0.3 is 0 Å². The Kier molecular flexibility index (Phi) is 15.4. The molecule has 0 spiro atoms. The molecule has 0 radical (unpaired) electrons. The number of carbonyl (C=O) groups is 2. The summed E-state index contributed by atoms with van der Waals surface area (Å²) in [5, 5.41) is 31.7. The number of benzene rings is 2. The molecule has 6 N–H and O–H groups in total. The summed E-state index contributed by atoms with van der Waals surface area (Å²) in [6, 6.07) is 9.81. The number of phenols is 2. The highest BCUT2D eigenvalue weighted by Crippen LogP contribution is 2.27. The van der Waals surface area contributed by atoms with Gasteiger partial charge in [-0.2, -0.15) is 0 Å². The topological polar surface area (TPSA) is 141 Å². The van der Waals surface area contributed by atoms with Crippen molar-refractivity contribution < 1.29 is 29.3 Å². The van der Waals surface area contributed by atoms with Gasteiger partial charge in [0, 0.05) is 25.2 Å². The van der Waals surface area contributed by atoms with Gasteiger partial charge in [0.05, 0.1) is 14.2 Å². The van der Waals surface area contributed by atoms with E-state index in [0.29, 0.717) is 24.6 Å². The van der Waals surface area contributed by atoms with Gasteiger partial charge < -0.3 is 41.0 Å². The van der Waals surface area contributed by atoms with E-state index in [1.54, 1.807) is 36.4 Å². The van der Waals surface area contributed by atoms with E-state index in [2.05, 4.69) is 21.3 Å². The summed E-state index contributed by atoms with van der Waals surface area (Å²) in [6.07, 6.45) is 10.1. The second-order valence-corrected chi connectivity index (χ2v) is 9.03. The fraction of sp³-hybridized carbons (Fsp3) is 0.400. The first-order chi connectivity index (χ1) is 19.4. The van der Waals surface area contributed by atoms with E-state index in [1.165, 1.54) is 38.5 Å². The summed E-state index contributed by atoms with van der Waals surface area (Å²) in [6.45, 7) is 4.70. The Morgan fingerprint density at radius 3 is 1.45 bits per heavy atom. The van der Waals surface area contributed by atoms with Gasteiger partial charge in [-0.25, -0.2) is 0 Å². The van der Waals surface area contributed by atoms with Crippen molar-refractivity contribution in [3.05, 3.63) is 59.7 Å². The molecule has 218 valence electrons. The van der Waals surface area contributed by atoms with Crippen LogP contribution in [-0.4, -0.2) is 75.5 Å². The van der Waals surface area contributed by atoms with Crippen molar-refractivity contribution in [1.82, 2.24) is 21.3 Å².